The standard InChI is InChI=1S/C26H32N4O3/c1-3-4-14-27-23(31)17-30-22-13-9-8-12-20(22)24(32)28-26(2)18-29(16-21(26)25(30)33)15-19-10-6-5-7-11-19/h5-13,21H,3-4,14-18H2,1-2H3,(H,27,31)(H,28,32)/t21-,26-/m0/s1. The van der Waals surface area contributed by atoms with Crippen molar-refractivity contribution in [2.75, 3.05) is 31.1 Å². The van der Waals surface area contributed by atoms with Gasteiger partial charge in [-0.15, -0.1) is 0 Å². The van der Waals surface area contributed by atoms with Crippen LogP contribution < -0.4 is 15.5 Å². The van der Waals surface area contributed by atoms with Gasteiger partial charge in [0, 0.05) is 26.2 Å². The summed E-state index contributed by atoms with van der Waals surface area (Å²) in [6.07, 6.45) is 1.86. The minimum Gasteiger partial charge on any atom is -0.355 e. The molecule has 1 fully saturated rings. The Morgan fingerprint density at radius 1 is 1.12 bits per heavy atom. The van der Waals surface area contributed by atoms with Crippen molar-refractivity contribution in [3.8, 4) is 0 Å². The van der Waals surface area contributed by atoms with E-state index in [0.717, 1.165) is 18.4 Å². The summed E-state index contributed by atoms with van der Waals surface area (Å²) in [5, 5.41) is 6.04. The lowest BCUT2D eigenvalue weighted by Crippen LogP contribution is -2.59. The van der Waals surface area contributed by atoms with Crippen LogP contribution in [0.15, 0.2) is 54.6 Å². The number of para-hydroxylation sites is 1. The molecular weight excluding hydrogens is 416 g/mol. The monoisotopic (exact) mass is 448 g/mol. The summed E-state index contributed by atoms with van der Waals surface area (Å²) in [5.41, 5.74) is 1.32. The summed E-state index contributed by atoms with van der Waals surface area (Å²) in [5.74, 6) is -1.02. The molecule has 2 atom stereocenters. The van der Waals surface area contributed by atoms with Gasteiger partial charge in [-0.05, 0) is 31.0 Å². The van der Waals surface area contributed by atoms with Crippen molar-refractivity contribution in [3.05, 3.63) is 65.7 Å². The van der Waals surface area contributed by atoms with Gasteiger partial charge in [0.1, 0.15) is 6.54 Å². The summed E-state index contributed by atoms with van der Waals surface area (Å²) in [6, 6.07) is 17.1. The highest BCUT2D eigenvalue weighted by Gasteiger charge is 2.51. The number of rotatable bonds is 7. The van der Waals surface area contributed by atoms with E-state index in [1.165, 1.54) is 4.90 Å². The van der Waals surface area contributed by atoms with E-state index in [9.17, 15) is 14.4 Å². The van der Waals surface area contributed by atoms with Gasteiger partial charge in [0.2, 0.25) is 11.8 Å². The number of hydrogen-bond acceptors (Lipinski definition) is 4. The SMILES string of the molecule is CCCCNC(=O)CN1C(=O)[C@@H]2CN(Cc3ccccc3)C[C@]2(C)NC(=O)c2ccccc21. The minimum absolute atomic E-state index is 0.0991. The fourth-order valence-corrected chi connectivity index (χ4v) is 4.84. The number of likely N-dealkylation sites (tertiary alicyclic amines) is 1. The number of carbonyl (C=O) groups is 3. The van der Waals surface area contributed by atoms with Crippen molar-refractivity contribution >= 4 is 23.4 Å². The van der Waals surface area contributed by atoms with E-state index in [1.807, 2.05) is 25.1 Å². The van der Waals surface area contributed by atoms with E-state index in [1.54, 1.807) is 24.3 Å². The second kappa shape index (κ2) is 9.75. The summed E-state index contributed by atoms with van der Waals surface area (Å²) in [4.78, 5) is 43.5. The summed E-state index contributed by atoms with van der Waals surface area (Å²) < 4.78 is 0. The molecule has 2 N–H and O–H groups in total. The van der Waals surface area contributed by atoms with Crippen LogP contribution in [0.4, 0.5) is 5.69 Å². The van der Waals surface area contributed by atoms with E-state index in [0.29, 0.717) is 37.4 Å². The maximum atomic E-state index is 13.9. The van der Waals surface area contributed by atoms with Crippen LogP contribution in [0.25, 0.3) is 0 Å². The number of amides is 3. The van der Waals surface area contributed by atoms with Crippen molar-refractivity contribution in [3.63, 3.8) is 0 Å². The molecule has 2 aromatic carbocycles. The van der Waals surface area contributed by atoms with Gasteiger partial charge < -0.3 is 15.5 Å². The number of carbonyl (C=O) groups excluding carboxylic acids is 3. The Kier molecular flexibility index (Phi) is 6.79. The Hall–Kier alpha value is -3.19. The quantitative estimate of drug-likeness (QED) is 0.638. The first-order chi connectivity index (χ1) is 15.9. The number of nitrogens with zero attached hydrogens (tertiary/aromatic N) is 2. The molecular formula is C26H32N4O3. The second-order valence-electron chi connectivity index (χ2n) is 9.22. The first-order valence-electron chi connectivity index (χ1n) is 11.7. The highest BCUT2D eigenvalue weighted by molar-refractivity contribution is 6.09. The number of fused-ring (bicyclic) bond motifs is 2. The van der Waals surface area contributed by atoms with Gasteiger partial charge in [0.15, 0.2) is 0 Å². The molecule has 2 heterocycles. The van der Waals surface area contributed by atoms with Gasteiger partial charge in [-0.3, -0.25) is 19.3 Å². The van der Waals surface area contributed by atoms with Crippen molar-refractivity contribution in [2.45, 2.75) is 38.8 Å². The van der Waals surface area contributed by atoms with Crippen LogP contribution in [0, 0.1) is 5.92 Å². The number of benzene rings is 2. The second-order valence-corrected chi connectivity index (χ2v) is 9.22. The molecule has 2 aliphatic rings. The van der Waals surface area contributed by atoms with E-state index in [-0.39, 0.29) is 24.3 Å². The molecule has 0 unspecified atom stereocenters. The van der Waals surface area contributed by atoms with Crippen LogP contribution in [0.1, 0.15) is 42.6 Å². The molecule has 4 rings (SSSR count). The van der Waals surface area contributed by atoms with Crippen LogP contribution in [-0.2, 0) is 16.1 Å². The fourth-order valence-electron chi connectivity index (χ4n) is 4.84. The Balaban J connectivity index is 1.63. The van der Waals surface area contributed by atoms with Gasteiger partial charge >= 0.3 is 0 Å². The zero-order valence-electron chi connectivity index (χ0n) is 19.3. The highest BCUT2D eigenvalue weighted by Crippen LogP contribution is 2.35. The smallest absolute Gasteiger partial charge is 0.253 e. The lowest BCUT2D eigenvalue weighted by molar-refractivity contribution is -0.126. The number of nitrogens with one attached hydrogen (secondary N) is 2. The lowest BCUT2D eigenvalue weighted by Gasteiger charge is -2.37. The molecule has 1 saturated heterocycles. The van der Waals surface area contributed by atoms with Crippen LogP contribution in [-0.4, -0.2) is 54.3 Å². The third-order valence-corrected chi connectivity index (χ3v) is 6.57. The van der Waals surface area contributed by atoms with Crippen molar-refractivity contribution in [1.29, 1.82) is 0 Å². The zero-order chi connectivity index (χ0) is 23.4. The molecule has 0 aliphatic carbocycles. The third-order valence-electron chi connectivity index (χ3n) is 6.57. The van der Waals surface area contributed by atoms with Crippen molar-refractivity contribution < 1.29 is 14.4 Å². The molecule has 2 aromatic rings. The minimum atomic E-state index is -0.729. The molecule has 0 radical (unpaired) electrons. The summed E-state index contributed by atoms with van der Waals surface area (Å²) >= 11 is 0. The number of hydrogen-bond donors (Lipinski definition) is 2. The molecule has 174 valence electrons. The summed E-state index contributed by atoms with van der Waals surface area (Å²) in [6.45, 7) is 6.24. The maximum absolute atomic E-state index is 13.9. The Labute approximate surface area is 195 Å². The first-order valence-corrected chi connectivity index (χ1v) is 11.7. The largest absolute Gasteiger partial charge is 0.355 e. The van der Waals surface area contributed by atoms with Gasteiger partial charge in [-0.2, -0.15) is 0 Å². The van der Waals surface area contributed by atoms with E-state index < -0.39 is 11.5 Å². The average Bonchev–Trinajstić information content (AvgIpc) is 3.12. The fraction of sp³-hybridized carbons (Fsp3) is 0.423. The van der Waals surface area contributed by atoms with Crippen molar-refractivity contribution in [2.24, 2.45) is 5.92 Å². The Morgan fingerprint density at radius 3 is 2.61 bits per heavy atom. The number of anilines is 1. The molecule has 0 bridgehead atoms. The predicted octanol–water partition coefficient (Wildman–Crippen LogP) is 2.57. The van der Waals surface area contributed by atoms with Gasteiger partial charge in [0.05, 0.1) is 22.7 Å². The van der Waals surface area contributed by atoms with Crippen LogP contribution in [0.2, 0.25) is 0 Å². The predicted molar refractivity (Wildman–Crippen MR) is 128 cm³/mol. The Bertz CT molecular complexity index is 1030. The molecule has 0 spiro atoms. The van der Waals surface area contributed by atoms with Gasteiger partial charge in [0.25, 0.3) is 5.91 Å². The summed E-state index contributed by atoms with van der Waals surface area (Å²) in [7, 11) is 0. The van der Waals surface area contributed by atoms with Crippen LogP contribution >= 0.6 is 0 Å². The molecule has 3 amide bonds. The van der Waals surface area contributed by atoms with Crippen LogP contribution in [0.3, 0.4) is 0 Å². The Morgan fingerprint density at radius 2 is 1.85 bits per heavy atom. The maximum Gasteiger partial charge on any atom is 0.253 e. The lowest BCUT2D eigenvalue weighted by atomic mass is 9.86. The molecule has 33 heavy (non-hydrogen) atoms. The molecule has 7 heteroatoms. The zero-order valence-corrected chi connectivity index (χ0v) is 19.3. The van der Waals surface area contributed by atoms with Crippen LogP contribution in [0.5, 0.6) is 0 Å². The van der Waals surface area contributed by atoms with Gasteiger partial charge in [-0.25, -0.2) is 0 Å². The molecule has 7 nitrogen and oxygen atoms in total. The van der Waals surface area contributed by atoms with E-state index in [2.05, 4.69) is 34.6 Å². The molecule has 2 aliphatic heterocycles. The van der Waals surface area contributed by atoms with E-state index in [4.69, 9.17) is 0 Å². The molecule has 0 aromatic heterocycles. The highest BCUT2D eigenvalue weighted by atomic mass is 16.2. The number of unbranched alkanes of at least 4 members (excludes halogenated alkanes) is 1. The van der Waals surface area contributed by atoms with Gasteiger partial charge in [-0.1, -0.05) is 55.8 Å². The van der Waals surface area contributed by atoms with Crippen molar-refractivity contribution in [1.82, 2.24) is 15.5 Å². The van der Waals surface area contributed by atoms with E-state index >= 15 is 0 Å². The normalized spacial score (nSPS) is 22.7. The topological polar surface area (TPSA) is 81.8 Å². The third kappa shape index (κ3) is 4.93. The average molecular weight is 449 g/mol. The first kappa shape index (κ1) is 23.0. The molecule has 0 saturated carbocycles.